The fraction of sp³-hybridized carbons (Fsp3) is 0.292. The van der Waals surface area contributed by atoms with E-state index in [-0.39, 0.29) is 17.8 Å². The first-order valence-corrected chi connectivity index (χ1v) is 10.8. The van der Waals surface area contributed by atoms with E-state index < -0.39 is 0 Å². The zero-order valence-electron chi connectivity index (χ0n) is 18.0. The van der Waals surface area contributed by atoms with Gasteiger partial charge >= 0.3 is 6.03 Å². The lowest BCUT2D eigenvalue weighted by Crippen LogP contribution is -2.43. The zero-order valence-corrected chi connectivity index (χ0v) is 18.0. The summed E-state index contributed by atoms with van der Waals surface area (Å²) in [5, 5.41) is 9.65. The fourth-order valence-corrected chi connectivity index (χ4v) is 3.99. The largest absolute Gasteiger partial charge is 0.357 e. The number of hydrogen-bond donors (Lipinski definition) is 4. The van der Waals surface area contributed by atoms with E-state index in [1.807, 2.05) is 12.1 Å². The first-order valence-electron chi connectivity index (χ1n) is 10.8. The second-order valence-corrected chi connectivity index (χ2v) is 7.94. The van der Waals surface area contributed by atoms with Gasteiger partial charge in [0, 0.05) is 54.4 Å². The number of nitrogens with one attached hydrogen (secondary N) is 4. The molecule has 2 heterocycles. The first-order chi connectivity index (χ1) is 15.5. The molecular formula is C24H27N5O3. The number of para-hydroxylation sites is 1. The van der Waals surface area contributed by atoms with E-state index in [0.717, 1.165) is 17.6 Å². The highest BCUT2D eigenvalue weighted by molar-refractivity contribution is 5.92. The monoisotopic (exact) mass is 433 g/mol. The molecular weight excluding hydrogens is 406 g/mol. The Hall–Kier alpha value is -3.81. The lowest BCUT2D eigenvalue weighted by molar-refractivity contribution is -0.116. The Bertz CT molecular complexity index is 1140. The van der Waals surface area contributed by atoms with E-state index in [9.17, 15) is 14.4 Å². The normalized spacial score (nSPS) is 12.8. The molecule has 0 aliphatic carbocycles. The maximum absolute atomic E-state index is 12.5. The van der Waals surface area contributed by atoms with Gasteiger partial charge in [0.25, 0.3) is 0 Å². The maximum atomic E-state index is 12.5. The highest BCUT2D eigenvalue weighted by Gasteiger charge is 2.23. The van der Waals surface area contributed by atoms with E-state index in [2.05, 4.69) is 33.1 Å². The summed E-state index contributed by atoms with van der Waals surface area (Å²) in [5.41, 5.74) is 4.84. The second kappa shape index (κ2) is 9.55. The van der Waals surface area contributed by atoms with Gasteiger partial charge in [-0.15, -0.1) is 0 Å². The van der Waals surface area contributed by atoms with Crippen molar-refractivity contribution in [3.63, 3.8) is 0 Å². The van der Waals surface area contributed by atoms with Gasteiger partial charge in [-0.3, -0.25) is 9.59 Å². The summed E-state index contributed by atoms with van der Waals surface area (Å²) in [6.07, 6.45) is 1.68. The van der Waals surface area contributed by atoms with E-state index in [1.165, 1.54) is 17.9 Å². The molecule has 0 saturated carbocycles. The smallest absolute Gasteiger partial charge is 0.317 e. The molecule has 0 bridgehead atoms. The van der Waals surface area contributed by atoms with Crippen LogP contribution in [-0.4, -0.2) is 40.8 Å². The van der Waals surface area contributed by atoms with E-state index in [0.29, 0.717) is 43.9 Å². The molecule has 3 aromatic rings. The summed E-state index contributed by atoms with van der Waals surface area (Å²) in [5.74, 6) is -0.262. The quantitative estimate of drug-likeness (QED) is 0.446. The summed E-state index contributed by atoms with van der Waals surface area (Å²) in [4.78, 5) is 40.9. The van der Waals surface area contributed by atoms with Crippen LogP contribution < -0.4 is 16.0 Å². The third kappa shape index (κ3) is 5.08. The number of fused-ring (bicyclic) bond motifs is 3. The highest BCUT2D eigenvalue weighted by atomic mass is 16.2. The molecule has 0 saturated heterocycles. The number of carbonyl (C=O) groups is 3. The molecule has 0 radical (unpaired) electrons. The van der Waals surface area contributed by atoms with Crippen molar-refractivity contribution in [2.75, 3.05) is 23.7 Å². The van der Waals surface area contributed by atoms with Crippen LogP contribution in [0.5, 0.6) is 0 Å². The minimum Gasteiger partial charge on any atom is -0.357 e. The third-order valence-electron chi connectivity index (χ3n) is 5.52. The SMILES string of the molecule is CC(=O)Nc1ccc(NC(=O)CCCNC(=O)N2CCc3c([nH]c4ccccc34)C2)cc1. The van der Waals surface area contributed by atoms with Gasteiger partial charge in [0.15, 0.2) is 0 Å². The Kier molecular flexibility index (Phi) is 6.39. The first kappa shape index (κ1) is 21.4. The van der Waals surface area contributed by atoms with Gasteiger partial charge in [0.05, 0.1) is 6.54 Å². The maximum Gasteiger partial charge on any atom is 0.317 e. The number of aromatic amines is 1. The minimum absolute atomic E-state index is 0.108. The molecule has 8 nitrogen and oxygen atoms in total. The molecule has 4 amide bonds. The van der Waals surface area contributed by atoms with Crippen molar-refractivity contribution < 1.29 is 14.4 Å². The molecule has 0 fully saturated rings. The fourth-order valence-electron chi connectivity index (χ4n) is 3.99. The van der Waals surface area contributed by atoms with Crippen molar-refractivity contribution in [2.24, 2.45) is 0 Å². The van der Waals surface area contributed by atoms with Gasteiger partial charge in [-0.1, -0.05) is 18.2 Å². The Morgan fingerprint density at radius 2 is 1.72 bits per heavy atom. The van der Waals surface area contributed by atoms with E-state index in [4.69, 9.17) is 0 Å². The Labute approximate surface area is 186 Å². The van der Waals surface area contributed by atoms with Crippen molar-refractivity contribution in [3.8, 4) is 0 Å². The number of carbonyl (C=O) groups excluding carboxylic acids is 3. The lowest BCUT2D eigenvalue weighted by atomic mass is 10.0. The van der Waals surface area contributed by atoms with Crippen LogP contribution in [0.2, 0.25) is 0 Å². The molecule has 0 unspecified atom stereocenters. The van der Waals surface area contributed by atoms with Crippen LogP contribution in [0.4, 0.5) is 16.2 Å². The molecule has 4 rings (SSSR count). The van der Waals surface area contributed by atoms with Crippen molar-refractivity contribution in [2.45, 2.75) is 32.7 Å². The molecule has 1 aromatic heterocycles. The lowest BCUT2D eigenvalue weighted by Gasteiger charge is -2.27. The van der Waals surface area contributed by atoms with Gasteiger partial charge in [0.2, 0.25) is 11.8 Å². The Morgan fingerprint density at radius 3 is 2.47 bits per heavy atom. The standard InChI is InChI=1S/C24H27N5O3/c1-16(30)26-17-8-10-18(11-9-17)27-23(31)7-4-13-25-24(32)29-14-12-20-19-5-2-3-6-21(19)28-22(20)15-29/h2-3,5-6,8-11,28H,4,7,12-15H2,1H3,(H,25,32)(H,26,30)(H,27,31). The number of amides is 4. The van der Waals surface area contributed by atoms with Crippen LogP contribution in [0.1, 0.15) is 31.0 Å². The van der Waals surface area contributed by atoms with Crippen LogP contribution in [0, 0.1) is 0 Å². The molecule has 0 atom stereocenters. The van der Waals surface area contributed by atoms with Crippen LogP contribution in [-0.2, 0) is 22.6 Å². The van der Waals surface area contributed by atoms with Crippen LogP contribution in [0.3, 0.4) is 0 Å². The average Bonchev–Trinajstić information content (AvgIpc) is 3.15. The van der Waals surface area contributed by atoms with Crippen molar-refractivity contribution in [1.82, 2.24) is 15.2 Å². The molecule has 0 spiro atoms. The topological polar surface area (TPSA) is 106 Å². The number of anilines is 2. The number of aromatic nitrogens is 1. The number of urea groups is 1. The van der Waals surface area contributed by atoms with Crippen LogP contribution in [0.25, 0.3) is 10.9 Å². The summed E-state index contributed by atoms with van der Waals surface area (Å²) in [7, 11) is 0. The van der Waals surface area contributed by atoms with Crippen molar-refractivity contribution in [1.29, 1.82) is 0 Å². The molecule has 32 heavy (non-hydrogen) atoms. The average molecular weight is 434 g/mol. The number of nitrogens with zero attached hydrogens (tertiary/aromatic N) is 1. The molecule has 8 heteroatoms. The van der Waals surface area contributed by atoms with Crippen molar-refractivity contribution >= 4 is 40.1 Å². The summed E-state index contributed by atoms with van der Waals surface area (Å²) in [6, 6.07) is 15.0. The van der Waals surface area contributed by atoms with Crippen LogP contribution >= 0.6 is 0 Å². The van der Waals surface area contributed by atoms with Gasteiger partial charge in [-0.25, -0.2) is 4.79 Å². The summed E-state index contributed by atoms with van der Waals surface area (Å²) >= 11 is 0. The van der Waals surface area contributed by atoms with Gasteiger partial charge in [0.1, 0.15) is 0 Å². The van der Waals surface area contributed by atoms with Crippen molar-refractivity contribution in [3.05, 3.63) is 59.8 Å². The van der Waals surface area contributed by atoms with E-state index in [1.54, 1.807) is 29.2 Å². The van der Waals surface area contributed by atoms with Gasteiger partial charge in [-0.05, 0) is 48.7 Å². The Morgan fingerprint density at radius 1 is 1.00 bits per heavy atom. The summed E-state index contributed by atoms with van der Waals surface area (Å²) < 4.78 is 0. The summed E-state index contributed by atoms with van der Waals surface area (Å²) in [6.45, 7) is 3.11. The Balaban J connectivity index is 1.19. The molecule has 166 valence electrons. The highest BCUT2D eigenvalue weighted by Crippen LogP contribution is 2.27. The predicted octanol–water partition coefficient (Wildman–Crippen LogP) is 3.61. The number of benzene rings is 2. The van der Waals surface area contributed by atoms with Gasteiger partial charge < -0.3 is 25.8 Å². The molecule has 4 N–H and O–H groups in total. The zero-order chi connectivity index (χ0) is 22.5. The molecule has 1 aliphatic rings. The third-order valence-corrected chi connectivity index (χ3v) is 5.52. The number of H-pyrrole nitrogens is 1. The molecule has 2 aromatic carbocycles. The number of rotatable bonds is 6. The van der Waals surface area contributed by atoms with Crippen LogP contribution in [0.15, 0.2) is 48.5 Å². The predicted molar refractivity (Wildman–Crippen MR) is 124 cm³/mol. The second-order valence-electron chi connectivity index (χ2n) is 7.94. The van der Waals surface area contributed by atoms with Gasteiger partial charge in [-0.2, -0.15) is 0 Å². The number of hydrogen-bond acceptors (Lipinski definition) is 3. The minimum atomic E-state index is -0.143. The van der Waals surface area contributed by atoms with E-state index >= 15 is 0 Å². The molecule has 1 aliphatic heterocycles.